The average Bonchev–Trinajstić information content (AvgIpc) is 3.36. The number of amides is 1. The van der Waals surface area contributed by atoms with Crippen LogP contribution in [0.25, 0.3) is 5.76 Å². The van der Waals surface area contributed by atoms with Gasteiger partial charge in [-0.1, -0.05) is 23.5 Å². The molecule has 180 valence electrons. The van der Waals surface area contributed by atoms with E-state index < -0.39 is 35.3 Å². The highest BCUT2D eigenvalue weighted by Gasteiger charge is 2.48. The van der Waals surface area contributed by atoms with Crippen molar-refractivity contribution in [3.63, 3.8) is 0 Å². The predicted molar refractivity (Wildman–Crippen MR) is 127 cm³/mol. The number of methoxy groups -OCH3 is 1. The molecule has 2 heterocycles. The van der Waals surface area contributed by atoms with Crippen LogP contribution in [0.4, 0.5) is 9.52 Å². The number of carbonyl (C=O) groups is 3. The maximum atomic E-state index is 13.7. The first-order chi connectivity index (χ1) is 16.8. The van der Waals surface area contributed by atoms with Gasteiger partial charge in [0, 0.05) is 5.56 Å². The number of carbonyl (C=O) groups excluding carboxylic acids is 3. The Morgan fingerprint density at radius 1 is 1.14 bits per heavy atom. The topological polar surface area (TPSA) is 106 Å². The first-order valence-corrected chi connectivity index (χ1v) is 11.4. The molecule has 2 aromatic carbocycles. The summed E-state index contributed by atoms with van der Waals surface area (Å²) in [5, 5.41) is 11.2. The van der Waals surface area contributed by atoms with Gasteiger partial charge in [0.15, 0.2) is 5.13 Å². The van der Waals surface area contributed by atoms with Crippen LogP contribution in [0.2, 0.25) is 0 Å². The molecule has 1 amide bonds. The zero-order chi connectivity index (χ0) is 25.3. The Hall–Kier alpha value is -4.05. The molecule has 10 heteroatoms. The van der Waals surface area contributed by atoms with E-state index in [1.54, 1.807) is 31.2 Å². The number of hydrogen-bond donors (Lipinski definition) is 1. The lowest BCUT2D eigenvalue weighted by Crippen LogP contribution is -2.29. The van der Waals surface area contributed by atoms with E-state index in [2.05, 4.69) is 4.98 Å². The Morgan fingerprint density at radius 3 is 2.40 bits per heavy atom. The summed E-state index contributed by atoms with van der Waals surface area (Å²) in [5.41, 5.74) is 0.816. The number of Topliss-reactive ketones (excluding diaryl/α,β-unsaturated/α-hetero) is 1. The third kappa shape index (κ3) is 4.40. The molecule has 1 atom stereocenters. The molecule has 35 heavy (non-hydrogen) atoms. The molecule has 1 N–H and O–H groups in total. The van der Waals surface area contributed by atoms with E-state index in [9.17, 15) is 23.9 Å². The molecule has 1 fully saturated rings. The van der Waals surface area contributed by atoms with Gasteiger partial charge in [-0.05, 0) is 55.8 Å². The van der Waals surface area contributed by atoms with Gasteiger partial charge in [-0.25, -0.2) is 14.2 Å². The molecular formula is C25H21FN2O6S. The predicted octanol–water partition coefficient (Wildman–Crippen LogP) is 4.40. The zero-order valence-corrected chi connectivity index (χ0v) is 19.9. The lowest BCUT2D eigenvalue weighted by Gasteiger charge is -2.23. The molecule has 8 nitrogen and oxygen atoms in total. The van der Waals surface area contributed by atoms with Crippen LogP contribution in [0.5, 0.6) is 5.75 Å². The van der Waals surface area contributed by atoms with E-state index in [1.165, 1.54) is 31.4 Å². The number of esters is 1. The quantitative estimate of drug-likeness (QED) is 0.233. The Labute approximate surface area is 204 Å². The van der Waals surface area contributed by atoms with Crippen molar-refractivity contribution in [3.8, 4) is 5.75 Å². The summed E-state index contributed by atoms with van der Waals surface area (Å²) in [5.74, 6) is -2.82. The number of aliphatic hydroxyl groups is 1. The summed E-state index contributed by atoms with van der Waals surface area (Å²) in [6, 6.07) is 10.5. The van der Waals surface area contributed by atoms with Gasteiger partial charge in [-0.3, -0.25) is 14.5 Å². The number of aryl methyl sites for hydroxylation is 1. The van der Waals surface area contributed by atoms with E-state index in [1.807, 2.05) is 6.92 Å². The van der Waals surface area contributed by atoms with E-state index in [0.717, 1.165) is 16.2 Å². The lowest BCUT2D eigenvalue weighted by atomic mass is 9.95. The first-order valence-electron chi connectivity index (χ1n) is 10.6. The summed E-state index contributed by atoms with van der Waals surface area (Å²) in [4.78, 5) is 44.1. The molecule has 0 aliphatic carbocycles. The number of ketones is 1. The molecule has 4 rings (SSSR count). The first kappa shape index (κ1) is 24.1. The van der Waals surface area contributed by atoms with Crippen molar-refractivity contribution in [1.82, 2.24) is 4.98 Å². The molecule has 1 aliphatic rings. The number of hydrogen-bond acceptors (Lipinski definition) is 8. The van der Waals surface area contributed by atoms with Crippen molar-refractivity contribution in [3.05, 3.63) is 81.6 Å². The van der Waals surface area contributed by atoms with Crippen molar-refractivity contribution >= 4 is 39.9 Å². The van der Waals surface area contributed by atoms with Gasteiger partial charge >= 0.3 is 11.9 Å². The maximum absolute atomic E-state index is 13.7. The Balaban J connectivity index is 1.89. The molecule has 3 aromatic rings. The highest BCUT2D eigenvalue weighted by Crippen LogP contribution is 2.44. The number of benzene rings is 2. The molecule has 0 saturated carbocycles. The monoisotopic (exact) mass is 496 g/mol. The smallest absolute Gasteiger partial charge is 0.350 e. The average molecular weight is 497 g/mol. The largest absolute Gasteiger partial charge is 0.507 e. The van der Waals surface area contributed by atoms with Gasteiger partial charge in [0.25, 0.3) is 5.78 Å². The normalized spacial score (nSPS) is 17.0. The highest BCUT2D eigenvalue weighted by molar-refractivity contribution is 7.17. The molecule has 1 saturated heterocycles. The van der Waals surface area contributed by atoms with Gasteiger partial charge < -0.3 is 14.6 Å². The molecule has 0 spiro atoms. The van der Waals surface area contributed by atoms with Gasteiger partial charge in [0.1, 0.15) is 22.2 Å². The summed E-state index contributed by atoms with van der Waals surface area (Å²) >= 11 is 0.886. The van der Waals surface area contributed by atoms with Crippen molar-refractivity contribution < 1.29 is 33.4 Å². The van der Waals surface area contributed by atoms with Crippen molar-refractivity contribution in [1.29, 1.82) is 0 Å². The van der Waals surface area contributed by atoms with E-state index in [4.69, 9.17) is 9.47 Å². The van der Waals surface area contributed by atoms with Gasteiger partial charge in [-0.15, -0.1) is 0 Å². The van der Waals surface area contributed by atoms with Gasteiger partial charge in [0.05, 0.1) is 31.0 Å². The van der Waals surface area contributed by atoms with Crippen molar-refractivity contribution in [2.75, 3.05) is 18.6 Å². The minimum atomic E-state index is -1.10. The number of anilines is 1. The summed E-state index contributed by atoms with van der Waals surface area (Å²) in [6.45, 7) is 3.88. The fourth-order valence-corrected chi connectivity index (χ4v) is 4.80. The minimum Gasteiger partial charge on any atom is -0.507 e. The van der Waals surface area contributed by atoms with Gasteiger partial charge in [-0.2, -0.15) is 0 Å². The molecular weight excluding hydrogens is 475 g/mol. The van der Waals surface area contributed by atoms with Crippen LogP contribution in [0.1, 0.15) is 39.5 Å². The SMILES string of the molecule is CCOc1ccc(/C(O)=C2\C(=O)C(=O)N(c3nc(C)c(C(=O)OC)s3)C2c2ccc(F)cc2)cc1. The third-order valence-electron chi connectivity index (χ3n) is 5.43. The summed E-state index contributed by atoms with van der Waals surface area (Å²) < 4.78 is 23.9. The molecule has 1 aliphatic heterocycles. The van der Waals surface area contributed by atoms with Crippen molar-refractivity contribution in [2.24, 2.45) is 0 Å². The number of halogens is 1. The molecule has 0 radical (unpaired) electrons. The van der Waals surface area contributed by atoms with Gasteiger partial charge in [0.2, 0.25) is 0 Å². The number of rotatable bonds is 6. The minimum absolute atomic E-state index is 0.0741. The summed E-state index contributed by atoms with van der Waals surface area (Å²) in [7, 11) is 1.22. The second-order valence-electron chi connectivity index (χ2n) is 7.58. The van der Waals surface area contributed by atoms with Crippen LogP contribution in [0, 0.1) is 12.7 Å². The van der Waals surface area contributed by atoms with Crippen LogP contribution >= 0.6 is 11.3 Å². The number of ether oxygens (including phenoxy) is 2. The van der Waals surface area contributed by atoms with E-state index in [-0.39, 0.29) is 15.6 Å². The fourth-order valence-electron chi connectivity index (χ4n) is 3.79. The zero-order valence-electron chi connectivity index (χ0n) is 19.1. The molecule has 0 bridgehead atoms. The van der Waals surface area contributed by atoms with E-state index in [0.29, 0.717) is 29.2 Å². The Morgan fingerprint density at radius 2 is 1.80 bits per heavy atom. The fraction of sp³-hybridized carbons (Fsp3) is 0.200. The number of thiazole rings is 1. The molecule has 1 unspecified atom stereocenters. The number of aromatic nitrogens is 1. The number of aliphatic hydroxyl groups excluding tert-OH is 1. The van der Waals surface area contributed by atoms with Crippen LogP contribution in [-0.2, 0) is 14.3 Å². The molecule has 1 aromatic heterocycles. The standard InChI is InChI=1S/C25H21FN2O6S/c1-4-34-17-11-7-15(8-12-17)20(29)18-19(14-5-9-16(26)10-6-14)28(23(31)21(18)30)25-27-13(2)22(35-25)24(32)33-3/h5-12,19,29H,4H2,1-3H3/b20-18+. The van der Waals surface area contributed by atoms with Crippen LogP contribution in [0.3, 0.4) is 0 Å². The Kier molecular flexibility index (Phi) is 6.65. The van der Waals surface area contributed by atoms with Crippen molar-refractivity contribution in [2.45, 2.75) is 19.9 Å². The Bertz CT molecular complexity index is 1330. The van der Waals surface area contributed by atoms with Crippen LogP contribution in [0.15, 0.2) is 54.1 Å². The third-order valence-corrected chi connectivity index (χ3v) is 6.57. The lowest BCUT2D eigenvalue weighted by molar-refractivity contribution is -0.132. The van der Waals surface area contributed by atoms with Crippen LogP contribution < -0.4 is 9.64 Å². The van der Waals surface area contributed by atoms with E-state index >= 15 is 0 Å². The summed E-state index contributed by atoms with van der Waals surface area (Å²) in [6.07, 6.45) is 0. The number of nitrogens with zero attached hydrogens (tertiary/aromatic N) is 2. The second kappa shape index (κ2) is 9.67. The second-order valence-corrected chi connectivity index (χ2v) is 8.56. The van der Waals surface area contributed by atoms with Crippen LogP contribution in [-0.4, -0.2) is 41.5 Å². The maximum Gasteiger partial charge on any atom is 0.350 e. The highest BCUT2D eigenvalue weighted by atomic mass is 32.1.